The van der Waals surface area contributed by atoms with Gasteiger partial charge in [0.2, 0.25) is 11.2 Å². The number of pyridine rings is 1. The van der Waals surface area contributed by atoms with E-state index in [1.807, 2.05) is 11.9 Å². The molecule has 0 atom stereocenters. The summed E-state index contributed by atoms with van der Waals surface area (Å²) in [5.41, 5.74) is -0.347. The minimum absolute atomic E-state index is 0.00639. The fraction of sp³-hybridized carbons (Fsp3) is 0.421. The number of fused-ring (bicyclic) bond motifs is 1. The maximum atomic E-state index is 15.6. The summed E-state index contributed by atoms with van der Waals surface area (Å²) in [6.07, 6.45) is -0.185. The summed E-state index contributed by atoms with van der Waals surface area (Å²) in [6.45, 7) is 3.36. The molecule has 0 bridgehead atoms. The second kappa shape index (κ2) is 9.38. The first kappa shape index (κ1) is 24.5. The molecule has 1 aliphatic heterocycles. The highest BCUT2D eigenvalue weighted by Crippen LogP contribution is 2.33. The zero-order valence-corrected chi connectivity index (χ0v) is 19.3. The summed E-state index contributed by atoms with van der Waals surface area (Å²) in [7, 11) is 1.88. The van der Waals surface area contributed by atoms with Gasteiger partial charge in [-0.25, -0.2) is 19.0 Å². The van der Waals surface area contributed by atoms with Crippen molar-refractivity contribution in [2.75, 3.05) is 50.2 Å². The number of ether oxygens (including phenoxy) is 1. The monoisotopic (exact) mass is 510 g/mol. The SMILES string of the molecule is CCOC(=O)Nn1cc(C(=O)C(Cl)(Cl)Cl)c(=O)c2cc(F)c(N3CCN(C)CC3)c(F)c21. The first-order chi connectivity index (χ1) is 15.0. The van der Waals surface area contributed by atoms with Crippen molar-refractivity contribution in [3.63, 3.8) is 0 Å². The van der Waals surface area contributed by atoms with Crippen LogP contribution in [0.5, 0.6) is 0 Å². The van der Waals surface area contributed by atoms with Gasteiger partial charge >= 0.3 is 6.09 Å². The van der Waals surface area contributed by atoms with E-state index in [4.69, 9.17) is 39.5 Å². The van der Waals surface area contributed by atoms with Crippen LogP contribution in [0.4, 0.5) is 19.3 Å². The number of nitrogens with zero attached hydrogens (tertiary/aromatic N) is 3. The van der Waals surface area contributed by atoms with Crippen LogP contribution in [0, 0.1) is 11.6 Å². The molecular weight excluding hydrogens is 493 g/mol. The Morgan fingerprint density at radius 3 is 2.38 bits per heavy atom. The standard InChI is InChI=1S/C19H19Cl3F2N4O4/c1-3-32-18(31)25-28-9-11(17(30)19(20,21)22)16(29)10-8-12(23)15(13(24)14(10)28)27-6-4-26(2)5-7-27/h8-9H,3-7H2,1-2H3,(H,25,31). The Balaban J connectivity index is 2.28. The van der Waals surface area contributed by atoms with Crippen molar-refractivity contribution < 1.29 is 23.1 Å². The minimum Gasteiger partial charge on any atom is -0.449 e. The summed E-state index contributed by atoms with van der Waals surface area (Å²) in [6, 6.07) is 0.799. The summed E-state index contributed by atoms with van der Waals surface area (Å²) < 4.78 is 33.7. The molecule has 1 aromatic carbocycles. The number of hydrogen-bond donors (Lipinski definition) is 1. The van der Waals surface area contributed by atoms with Gasteiger partial charge in [-0.05, 0) is 20.0 Å². The van der Waals surface area contributed by atoms with E-state index in [1.54, 1.807) is 6.92 Å². The maximum Gasteiger partial charge on any atom is 0.426 e. The highest BCUT2D eigenvalue weighted by Gasteiger charge is 2.35. The second-order valence-electron chi connectivity index (χ2n) is 7.11. The molecule has 1 saturated heterocycles. The van der Waals surface area contributed by atoms with Crippen LogP contribution in [0.15, 0.2) is 17.1 Å². The molecular formula is C19H19Cl3F2N4O4. The summed E-state index contributed by atoms with van der Waals surface area (Å²) in [5, 5.41) is -0.519. The van der Waals surface area contributed by atoms with Crippen LogP contribution >= 0.6 is 34.8 Å². The van der Waals surface area contributed by atoms with Gasteiger partial charge in [-0.1, -0.05) is 34.8 Å². The molecule has 0 unspecified atom stereocenters. The van der Waals surface area contributed by atoms with Crippen LogP contribution in [-0.2, 0) is 4.74 Å². The molecule has 0 aliphatic carbocycles. The van der Waals surface area contributed by atoms with E-state index in [9.17, 15) is 14.4 Å². The molecule has 1 N–H and O–H groups in total. The van der Waals surface area contributed by atoms with E-state index in [2.05, 4.69) is 5.43 Å². The number of amides is 1. The quantitative estimate of drug-likeness (QED) is 0.501. The second-order valence-corrected chi connectivity index (χ2v) is 9.39. The molecule has 32 heavy (non-hydrogen) atoms. The lowest BCUT2D eigenvalue weighted by Gasteiger charge is -2.34. The third-order valence-corrected chi connectivity index (χ3v) is 5.48. The molecule has 13 heteroatoms. The van der Waals surface area contributed by atoms with Crippen LogP contribution in [0.3, 0.4) is 0 Å². The smallest absolute Gasteiger partial charge is 0.426 e. The topological polar surface area (TPSA) is 83.9 Å². The zero-order chi connectivity index (χ0) is 23.8. The van der Waals surface area contributed by atoms with E-state index in [-0.39, 0.29) is 12.3 Å². The molecule has 2 aromatic rings. The number of piperazine rings is 1. The van der Waals surface area contributed by atoms with E-state index in [0.29, 0.717) is 26.2 Å². The molecule has 1 fully saturated rings. The van der Waals surface area contributed by atoms with Crippen molar-refractivity contribution in [2.45, 2.75) is 10.7 Å². The van der Waals surface area contributed by atoms with Crippen LogP contribution in [0.1, 0.15) is 17.3 Å². The van der Waals surface area contributed by atoms with Gasteiger partial charge in [0.25, 0.3) is 3.79 Å². The molecule has 1 aliphatic rings. The normalized spacial score (nSPS) is 15.2. The first-order valence-electron chi connectivity index (χ1n) is 9.51. The minimum atomic E-state index is -2.51. The lowest BCUT2D eigenvalue weighted by Crippen LogP contribution is -2.45. The number of Topliss-reactive ketones (excluding diaryl/α,β-unsaturated/α-hetero) is 1. The van der Waals surface area contributed by atoms with Crippen LogP contribution in [0.25, 0.3) is 10.9 Å². The van der Waals surface area contributed by atoms with Gasteiger partial charge in [-0.2, -0.15) is 0 Å². The Hall–Kier alpha value is -2.14. The Morgan fingerprint density at radius 2 is 1.81 bits per heavy atom. The summed E-state index contributed by atoms with van der Waals surface area (Å²) in [4.78, 5) is 40.9. The fourth-order valence-electron chi connectivity index (χ4n) is 3.39. The number of aromatic nitrogens is 1. The molecule has 174 valence electrons. The number of carbonyl (C=O) groups is 2. The number of benzene rings is 1. The van der Waals surface area contributed by atoms with E-state index < -0.39 is 49.2 Å². The number of hydrogen-bond acceptors (Lipinski definition) is 6. The van der Waals surface area contributed by atoms with Crippen molar-refractivity contribution in [1.82, 2.24) is 9.58 Å². The third kappa shape index (κ3) is 4.78. The Morgan fingerprint density at radius 1 is 1.19 bits per heavy atom. The predicted molar refractivity (Wildman–Crippen MR) is 119 cm³/mol. The van der Waals surface area contributed by atoms with Gasteiger partial charge in [-0.3, -0.25) is 14.3 Å². The molecule has 0 radical (unpaired) electrons. The largest absolute Gasteiger partial charge is 0.449 e. The highest BCUT2D eigenvalue weighted by molar-refractivity contribution is 6.77. The number of rotatable bonds is 4. The first-order valence-corrected chi connectivity index (χ1v) is 10.6. The van der Waals surface area contributed by atoms with Gasteiger partial charge < -0.3 is 14.5 Å². The zero-order valence-electron chi connectivity index (χ0n) is 17.1. The van der Waals surface area contributed by atoms with Gasteiger partial charge in [0.1, 0.15) is 17.0 Å². The molecule has 0 spiro atoms. The van der Waals surface area contributed by atoms with Crippen molar-refractivity contribution in [2.24, 2.45) is 0 Å². The number of anilines is 1. The van der Waals surface area contributed by atoms with E-state index in [0.717, 1.165) is 16.9 Å². The van der Waals surface area contributed by atoms with Crippen LogP contribution in [0.2, 0.25) is 0 Å². The predicted octanol–water partition coefficient (Wildman–Crippen LogP) is 3.28. The van der Waals surface area contributed by atoms with Crippen LogP contribution in [-0.4, -0.2) is 65.1 Å². The third-order valence-electron chi connectivity index (χ3n) is 4.97. The van der Waals surface area contributed by atoms with Crippen molar-refractivity contribution in [3.05, 3.63) is 39.7 Å². The molecule has 3 rings (SSSR count). The molecule has 0 saturated carbocycles. The van der Waals surface area contributed by atoms with E-state index >= 15 is 8.78 Å². The van der Waals surface area contributed by atoms with E-state index in [1.165, 1.54) is 4.90 Å². The fourth-order valence-corrected chi connectivity index (χ4v) is 3.69. The number of likely N-dealkylation sites (N-methyl/N-ethyl adjacent to an activating group) is 1. The summed E-state index contributed by atoms with van der Waals surface area (Å²) in [5.74, 6) is -3.32. The number of carbonyl (C=O) groups excluding carboxylic acids is 2. The molecule has 1 amide bonds. The van der Waals surface area contributed by atoms with Gasteiger partial charge in [0.05, 0.1) is 17.6 Å². The average Bonchev–Trinajstić information content (AvgIpc) is 2.70. The number of nitrogens with one attached hydrogen (secondary N) is 1. The average molecular weight is 512 g/mol. The van der Waals surface area contributed by atoms with Gasteiger partial charge in [0, 0.05) is 32.4 Å². The Kier molecular flexibility index (Phi) is 7.18. The molecule has 1 aromatic heterocycles. The lowest BCUT2D eigenvalue weighted by atomic mass is 10.1. The number of alkyl halides is 3. The van der Waals surface area contributed by atoms with Gasteiger partial charge in [-0.15, -0.1) is 0 Å². The number of ketones is 1. The molecule has 2 heterocycles. The van der Waals surface area contributed by atoms with Crippen molar-refractivity contribution >= 4 is 63.3 Å². The van der Waals surface area contributed by atoms with Crippen molar-refractivity contribution in [1.29, 1.82) is 0 Å². The van der Waals surface area contributed by atoms with Crippen LogP contribution < -0.4 is 15.8 Å². The van der Waals surface area contributed by atoms with Crippen molar-refractivity contribution in [3.8, 4) is 0 Å². The Bertz CT molecular complexity index is 1130. The highest BCUT2D eigenvalue weighted by atomic mass is 35.6. The summed E-state index contributed by atoms with van der Waals surface area (Å²) >= 11 is 16.8. The lowest BCUT2D eigenvalue weighted by molar-refractivity contribution is 0.0994. The number of halogens is 5. The Labute approximate surface area is 196 Å². The van der Waals surface area contributed by atoms with Gasteiger partial charge in [0.15, 0.2) is 5.82 Å². The maximum absolute atomic E-state index is 15.6. The molecule has 8 nitrogen and oxygen atoms in total.